The Hall–Kier alpha value is -0.860. The van der Waals surface area contributed by atoms with Gasteiger partial charge in [-0.3, -0.25) is 4.79 Å². The lowest BCUT2D eigenvalue weighted by atomic mass is 10.5. The van der Waals surface area contributed by atoms with Crippen molar-refractivity contribution in [2.75, 3.05) is 0 Å². The molecule has 0 aromatic carbocycles. The number of hydrogen-bond donors (Lipinski definition) is 1. The van der Waals surface area contributed by atoms with Gasteiger partial charge in [0.15, 0.2) is 0 Å². The van der Waals surface area contributed by atoms with Crippen LogP contribution in [-0.4, -0.2) is 16.9 Å². The lowest BCUT2D eigenvalue weighted by Gasteiger charge is -1.73. The Bertz CT molecular complexity index is 73.7. The SMILES string of the molecule is CC.CC(=O)C(=O)O. The van der Waals surface area contributed by atoms with E-state index in [1.54, 1.807) is 0 Å². The summed E-state index contributed by atoms with van der Waals surface area (Å²) in [4.78, 5) is 18.9. The number of carboxylic acids is 1. The predicted molar refractivity (Wildman–Crippen MR) is 29.7 cm³/mol. The van der Waals surface area contributed by atoms with E-state index in [4.69, 9.17) is 5.11 Å². The van der Waals surface area contributed by atoms with E-state index < -0.39 is 11.8 Å². The molecule has 0 atom stereocenters. The first kappa shape index (κ1) is 10.2. The summed E-state index contributed by atoms with van der Waals surface area (Å²) in [5.41, 5.74) is 0. The molecule has 0 unspecified atom stereocenters. The summed E-state index contributed by atoms with van der Waals surface area (Å²) in [5.74, 6) is -2.20. The fraction of sp³-hybridized carbons (Fsp3) is 0.600. The van der Waals surface area contributed by atoms with Crippen molar-refractivity contribution in [2.24, 2.45) is 0 Å². The molecule has 0 rings (SSSR count). The van der Waals surface area contributed by atoms with E-state index >= 15 is 0 Å². The number of carbonyl (C=O) groups excluding carboxylic acids is 1. The summed E-state index contributed by atoms with van der Waals surface area (Å²) in [6, 6.07) is 0. The molecule has 0 aromatic heterocycles. The molecular weight excluding hydrogens is 108 g/mol. The zero-order valence-corrected chi connectivity index (χ0v) is 5.26. The average Bonchev–Trinajstić information content (AvgIpc) is 1.72. The van der Waals surface area contributed by atoms with E-state index in [9.17, 15) is 9.59 Å². The zero-order chi connectivity index (χ0) is 7.15. The van der Waals surface area contributed by atoms with E-state index in [0.717, 1.165) is 6.92 Å². The van der Waals surface area contributed by atoms with Crippen LogP contribution in [-0.2, 0) is 9.59 Å². The number of carboxylic acid groups (broad SMARTS) is 1. The summed E-state index contributed by atoms with van der Waals surface area (Å²) >= 11 is 0. The minimum atomic E-state index is -1.38. The van der Waals surface area contributed by atoms with Gasteiger partial charge in [0.2, 0.25) is 5.78 Å². The standard InChI is InChI=1S/C3H4O3.C2H6/c1-2(4)3(5)6;1-2/h1H3,(H,5,6);1-2H3. The Morgan fingerprint density at radius 2 is 1.38 bits per heavy atom. The number of rotatable bonds is 1. The molecule has 0 fully saturated rings. The monoisotopic (exact) mass is 118 g/mol. The van der Waals surface area contributed by atoms with Crippen LogP contribution in [0.1, 0.15) is 20.8 Å². The Labute approximate surface area is 48.3 Å². The first-order valence-electron chi connectivity index (χ1n) is 2.38. The summed E-state index contributed by atoms with van der Waals surface area (Å²) in [7, 11) is 0. The van der Waals surface area contributed by atoms with Crippen molar-refractivity contribution in [1.82, 2.24) is 0 Å². The van der Waals surface area contributed by atoms with E-state index in [1.165, 1.54) is 0 Å². The van der Waals surface area contributed by atoms with Gasteiger partial charge in [0.05, 0.1) is 0 Å². The Kier molecular flexibility index (Phi) is 7.82. The minimum Gasteiger partial charge on any atom is -0.476 e. The molecule has 0 spiro atoms. The molecule has 0 saturated heterocycles. The third-order valence-corrected chi connectivity index (χ3v) is 0.301. The highest BCUT2D eigenvalue weighted by Gasteiger charge is 1.98. The summed E-state index contributed by atoms with van der Waals surface area (Å²) < 4.78 is 0. The third kappa shape index (κ3) is 8.94. The molecule has 1 N–H and O–H groups in total. The van der Waals surface area contributed by atoms with Crippen LogP contribution in [0.5, 0.6) is 0 Å². The van der Waals surface area contributed by atoms with Crippen LogP contribution in [0.25, 0.3) is 0 Å². The molecular formula is C5H10O3. The first-order valence-corrected chi connectivity index (χ1v) is 2.38. The molecule has 0 radical (unpaired) electrons. The molecule has 48 valence electrons. The number of hydrogen-bond acceptors (Lipinski definition) is 2. The first-order chi connectivity index (χ1) is 3.64. The third-order valence-electron chi connectivity index (χ3n) is 0.301. The van der Waals surface area contributed by atoms with Crippen molar-refractivity contribution in [3.8, 4) is 0 Å². The van der Waals surface area contributed by atoms with E-state index in [-0.39, 0.29) is 0 Å². The lowest BCUT2D eigenvalue weighted by molar-refractivity contribution is -0.148. The van der Waals surface area contributed by atoms with Crippen LogP contribution in [0.4, 0.5) is 0 Å². The van der Waals surface area contributed by atoms with Crippen molar-refractivity contribution in [3.05, 3.63) is 0 Å². The second-order valence-corrected chi connectivity index (χ2v) is 0.861. The summed E-state index contributed by atoms with van der Waals surface area (Å²) in [6.07, 6.45) is 0. The second-order valence-electron chi connectivity index (χ2n) is 0.861. The molecule has 0 aliphatic rings. The van der Waals surface area contributed by atoms with Gasteiger partial charge >= 0.3 is 5.97 Å². The minimum absolute atomic E-state index is 0.824. The van der Waals surface area contributed by atoms with E-state index in [0.29, 0.717) is 0 Å². The molecule has 0 heterocycles. The number of Topliss-reactive ketones (excluding diaryl/α,β-unsaturated/α-hetero) is 1. The quantitative estimate of drug-likeness (QED) is 0.515. The van der Waals surface area contributed by atoms with Crippen molar-refractivity contribution >= 4 is 11.8 Å². The normalized spacial score (nSPS) is 6.38. The van der Waals surface area contributed by atoms with Crippen LogP contribution >= 0.6 is 0 Å². The van der Waals surface area contributed by atoms with Gasteiger partial charge in [-0.2, -0.15) is 0 Å². The molecule has 3 nitrogen and oxygen atoms in total. The van der Waals surface area contributed by atoms with Crippen molar-refractivity contribution in [2.45, 2.75) is 20.8 Å². The second kappa shape index (κ2) is 6.14. The van der Waals surface area contributed by atoms with Crippen LogP contribution < -0.4 is 0 Å². The van der Waals surface area contributed by atoms with Crippen LogP contribution in [0.2, 0.25) is 0 Å². The van der Waals surface area contributed by atoms with Gasteiger partial charge in [0.25, 0.3) is 0 Å². The molecule has 0 aliphatic carbocycles. The molecule has 3 heteroatoms. The fourth-order valence-corrected chi connectivity index (χ4v) is 0. The van der Waals surface area contributed by atoms with Gasteiger partial charge in [0.1, 0.15) is 0 Å². The number of carbonyl (C=O) groups is 2. The largest absolute Gasteiger partial charge is 0.476 e. The molecule has 8 heavy (non-hydrogen) atoms. The van der Waals surface area contributed by atoms with Gasteiger partial charge in [0, 0.05) is 6.92 Å². The Morgan fingerprint density at radius 3 is 1.38 bits per heavy atom. The zero-order valence-electron chi connectivity index (χ0n) is 5.26. The van der Waals surface area contributed by atoms with E-state index in [2.05, 4.69) is 0 Å². The molecule has 0 bridgehead atoms. The molecule has 0 aliphatic heterocycles. The van der Waals surface area contributed by atoms with Gasteiger partial charge < -0.3 is 5.11 Å². The maximum Gasteiger partial charge on any atom is 0.371 e. The average molecular weight is 118 g/mol. The van der Waals surface area contributed by atoms with Crippen molar-refractivity contribution < 1.29 is 14.7 Å². The summed E-state index contributed by atoms with van der Waals surface area (Å²) in [6.45, 7) is 5.00. The Morgan fingerprint density at radius 1 is 1.25 bits per heavy atom. The highest BCUT2D eigenvalue weighted by atomic mass is 16.4. The van der Waals surface area contributed by atoms with Gasteiger partial charge in [-0.1, -0.05) is 13.8 Å². The lowest BCUT2D eigenvalue weighted by Crippen LogP contribution is -2.05. The van der Waals surface area contributed by atoms with Crippen molar-refractivity contribution in [3.63, 3.8) is 0 Å². The smallest absolute Gasteiger partial charge is 0.371 e. The molecule has 0 aromatic rings. The van der Waals surface area contributed by atoms with Gasteiger partial charge in [-0.15, -0.1) is 0 Å². The summed E-state index contributed by atoms with van der Waals surface area (Å²) in [5, 5.41) is 7.64. The number of ketones is 1. The fourth-order valence-electron chi connectivity index (χ4n) is 0. The number of aliphatic carboxylic acids is 1. The van der Waals surface area contributed by atoms with Gasteiger partial charge in [-0.05, 0) is 0 Å². The maximum atomic E-state index is 9.54. The van der Waals surface area contributed by atoms with Crippen molar-refractivity contribution in [1.29, 1.82) is 0 Å². The highest BCUT2D eigenvalue weighted by molar-refractivity contribution is 6.31. The maximum absolute atomic E-state index is 9.54. The highest BCUT2D eigenvalue weighted by Crippen LogP contribution is 1.61. The molecule has 0 saturated carbocycles. The van der Waals surface area contributed by atoms with Crippen LogP contribution in [0, 0.1) is 0 Å². The Balaban J connectivity index is 0. The topological polar surface area (TPSA) is 54.4 Å². The molecule has 0 amide bonds. The van der Waals surface area contributed by atoms with Gasteiger partial charge in [-0.25, -0.2) is 4.79 Å². The van der Waals surface area contributed by atoms with Crippen LogP contribution in [0.3, 0.4) is 0 Å². The van der Waals surface area contributed by atoms with E-state index in [1.807, 2.05) is 13.8 Å². The predicted octanol–water partition coefficient (Wildman–Crippen LogP) is 0.686. The van der Waals surface area contributed by atoms with Crippen LogP contribution in [0.15, 0.2) is 0 Å².